The molecule has 1 aromatic carbocycles. The maximum atomic E-state index is 6.31. The summed E-state index contributed by atoms with van der Waals surface area (Å²) < 4.78 is 6.04. The van der Waals surface area contributed by atoms with E-state index in [-0.39, 0.29) is 0 Å². The van der Waals surface area contributed by atoms with E-state index in [2.05, 4.69) is 26.1 Å². The molecule has 0 bridgehead atoms. The molecule has 120 valence electrons. The Kier molecular flexibility index (Phi) is 9.14. The normalized spacial score (nSPS) is 12.4. The summed E-state index contributed by atoms with van der Waals surface area (Å²) in [5.74, 6) is 1.36. The molecule has 1 aromatic rings. The number of halogens is 2. The number of nitrogens with one attached hydrogen (secondary N) is 1. The molecule has 0 fully saturated rings. The molecule has 1 rings (SSSR count). The van der Waals surface area contributed by atoms with Crippen molar-refractivity contribution in [3.8, 4) is 5.75 Å². The maximum Gasteiger partial charge on any atom is 0.142 e. The second-order valence-electron chi connectivity index (χ2n) is 5.38. The summed E-state index contributed by atoms with van der Waals surface area (Å²) >= 11 is 12.4. The van der Waals surface area contributed by atoms with Crippen molar-refractivity contribution in [2.75, 3.05) is 13.2 Å². The van der Waals surface area contributed by atoms with Crippen molar-refractivity contribution in [3.63, 3.8) is 0 Å². The van der Waals surface area contributed by atoms with Crippen LogP contribution in [0, 0.1) is 5.92 Å². The summed E-state index contributed by atoms with van der Waals surface area (Å²) in [6, 6.07) is 3.68. The van der Waals surface area contributed by atoms with Crippen LogP contribution in [0.25, 0.3) is 0 Å². The lowest BCUT2D eigenvalue weighted by Crippen LogP contribution is -2.16. The lowest BCUT2D eigenvalue weighted by Gasteiger charge is -2.19. The summed E-state index contributed by atoms with van der Waals surface area (Å²) in [5.41, 5.74) is 1.03. The van der Waals surface area contributed by atoms with Gasteiger partial charge in [-0.2, -0.15) is 0 Å². The first kappa shape index (κ1) is 18.6. The summed E-state index contributed by atoms with van der Waals surface area (Å²) in [7, 11) is 0. The van der Waals surface area contributed by atoms with Crippen LogP contribution in [0.3, 0.4) is 0 Å². The van der Waals surface area contributed by atoms with Crippen LogP contribution in [-0.4, -0.2) is 13.2 Å². The third kappa shape index (κ3) is 6.46. The highest BCUT2D eigenvalue weighted by Gasteiger charge is 2.13. The lowest BCUT2D eigenvalue weighted by molar-refractivity contribution is 0.231. The van der Waals surface area contributed by atoms with Gasteiger partial charge in [-0.25, -0.2) is 0 Å². The summed E-state index contributed by atoms with van der Waals surface area (Å²) in [6.07, 6.45) is 4.82. The van der Waals surface area contributed by atoms with E-state index in [1.807, 2.05) is 6.07 Å². The molecular weight excluding hydrogens is 305 g/mol. The van der Waals surface area contributed by atoms with Crippen molar-refractivity contribution in [1.82, 2.24) is 5.32 Å². The van der Waals surface area contributed by atoms with Crippen LogP contribution in [0.15, 0.2) is 12.1 Å². The molecule has 0 aliphatic heterocycles. The van der Waals surface area contributed by atoms with E-state index in [1.54, 1.807) is 6.07 Å². The fraction of sp³-hybridized carbons (Fsp3) is 0.647. The predicted molar refractivity (Wildman–Crippen MR) is 92.6 cm³/mol. The molecular formula is C17H27Cl2NO. The molecule has 1 atom stereocenters. The number of hydrogen-bond donors (Lipinski definition) is 1. The maximum absolute atomic E-state index is 6.31. The zero-order valence-electron chi connectivity index (χ0n) is 13.3. The van der Waals surface area contributed by atoms with E-state index in [9.17, 15) is 0 Å². The number of benzene rings is 1. The van der Waals surface area contributed by atoms with Crippen molar-refractivity contribution in [1.29, 1.82) is 0 Å². The monoisotopic (exact) mass is 331 g/mol. The Morgan fingerprint density at radius 1 is 1.19 bits per heavy atom. The SMILES string of the molecule is CCCCC(CC)COc1c(Cl)cc(Cl)cc1CNCC. The molecule has 1 unspecified atom stereocenters. The van der Waals surface area contributed by atoms with Crippen LogP contribution >= 0.6 is 23.2 Å². The number of hydrogen-bond acceptors (Lipinski definition) is 2. The standard InChI is InChI=1S/C17H27Cl2NO/c1-4-7-8-13(5-2)12-21-17-14(11-20-6-3)9-15(18)10-16(17)19/h9-10,13,20H,4-8,11-12H2,1-3H3. The Labute approximate surface area is 139 Å². The van der Waals surface area contributed by atoms with E-state index in [0.717, 1.165) is 37.4 Å². The highest BCUT2D eigenvalue weighted by Crippen LogP contribution is 2.33. The molecule has 0 spiro atoms. The minimum absolute atomic E-state index is 0.587. The predicted octanol–water partition coefficient (Wildman–Crippen LogP) is 5.70. The van der Waals surface area contributed by atoms with Crippen molar-refractivity contribution >= 4 is 23.2 Å². The summed E-state index contributed by atoms with van der Waals surface area (Å²) in [5, 5.41) is 4.55. The van der Waals surface area contributed by atoms with E-state index in [1.165, 1.54) is 19.3 Å². The van der Waals surface area contributed by atoms with Crippen LogP contribution in [0.4, 0.5) is 0 Å². The molecule has 4 heteroatoms. The molecule has 0 radical (unpaired) electrons. The number of rotatable bonds is 10. The first-order chi connectivity index (χ1) is 10.1. The third-order valence-electron chi connectivity index (χ3n) is 3.66. The van der Waals surface area contributed by atoms with Gasteiger partial charge >= 0.3 is 0 Å². The van der Waals surface area contributed by atoms with Crippen molar-refractivity contribution in [2.45, 2.75) is 53.0 Å². The molecule has 0 heterocycles. The van der Waals surface area contributed by atoms with Crippen LogP contribution in [0.2, 0.25) is 10.0 Å². The van der Waals surface area contributed by atoms with Gasteiger partial charge in [-0.1, -0.05) is 63.2 Å². The zero-order chi connectivity index (χ0) is 15.7. The van der Waals surface area contributed by atoms with Crippen LogP contribution in [0.5, 0.6) is 5.75 Å². The first-order valence-corrected chi connectivity index (χ1v) is 8.69. The Bertz CT molecular complexity index is 423. The van der Waals surface area contributed by atoms with Gasteiger partial charge in [-0.15, -0.1) is 0 Å². The molecule has 1 N–H and O–H groups in total. The van der Waals surface area contributed by atoms with E-state index in [0.29, 0.717) is 16.0 Å². The van der Waals surface area contributed by atoms with Crippen LogP contribution in [-0.2, 0) is 6.54 Å². The Morgan fingerprint density at radius 3 is 2.57 bits per heavy atom. The van der Waals surface area contributed by atoms with Gasteiger partial charge in [0.15, 0.2) is 0 Å². The van der Waals surface area contributed by atoms with Crippen molar-refractivity contribution in [2.24, 2.45) is 5.92 Å². The first-order valence-electron chi connectivity index (χ1n) is 7.93. The largest absolute Gasteiger partial charge is 0.491 e. The highest BCUT2D eigenvalue weighted by molar-refractivity contribution is 6.35. The molecule has 0 amide bonds. The Hall–Kier alpha value is -0.440. The van der Waals surface area contributed by atoms with E-state index in [4.69, 9.17) is 27.9 Å². The van der Waals surface area contributed by atoms with E-state index >= 15 is 0 Å². The van der Waals surface area contributed by atoms with Gasteiger partial charge in [0.05, 0.1) is 11.6 Å². The molecule has 0 aliphatic rings. The molecule has 0 aliphatic carbocycles. The van der Waals surface area contributed by atoms with Crippen LogP contribution < -0.4 is 10.1 Å². The number of unbranched alkanes of at least 4 members (excludes halogenated alkanes) is 1. The fourth-order valence-electron chi connectivity index (χ4n) is 2.27. The van der Waals surface area contributed by atoms with Gasteiger partial charge in [-0.3, -0.25) is 0 Å². The van der Waals surface area contributed by atoms with Gasteiger partial charge in [0, 0.05) is 17.1 Å². The Morgan fingerprint density at radius 2 is 1.95 bits per heavy atom. The van der Waals surface area contributed by atoms with Crippen molar-refractivity contribution < 1.29 is 4.74 Å². The zero-order valence-corrected chi connectivity index (χ0v) is 14.9. The van der Waals surface area contributed by atoms with Crippen LogP contribution in [0.1, 0.15) is 52.0 Å². The molecule has 0 saturated heterocycles. The van der Waals surface area contributed by atoms with Gasteiger partial charge in [-0.05, 0) is 31.0 Å². The minimum atomic E-state index is 0.587. The molecule has 0 saturated carbocycles. The summed E-state index contributed by atoms with van der Waals surface area (Å²) in [6.45, 7) is 8.85. The Balaban J connectivity index is 2.75. The smallest absolute Gasteiger partial charge is 0.142 e. The second-order valence-corrected chi connectivity index (χ2v) is 6.23. The van der Waals surface area contributed by atoms with Gasteiger partial charge in [0.25, 0.3) is 0 Å². The fourth-order valence-corrected chi connectivity index (χ4v) is 2.86. The molecule has 0 aromatic heterocycles. The second kappa shape index (κ2) is 10.3. The molecule has 21 heavy (non-hydrogen) atoms. The lowest BCUT2D eigenvalue weighted by atomic mass is 10.0. The quantitative estimate of drug-likeness (QED) is 0.593. The average molecular weight is 332 g/mol. The van der Waals surface area contributed by atoms with Gasteiger partial charge in [0.2, 0.25) is 0 Å². The van der Waals surface area contributed by atoms with Crippen molar-refractivity contribution in [3.05, 3.63) is 27.7 Å². The highest BCUT2D eigenvalue weighted by atomic mass is 35.5. The van der Waals surface area contributed by atoms with Gasteiger partial charge < -0.3 is 10.1 Å². The van der Waals surface area contributed by atoms with Gasteiger partial charge in [0.1, 0.15) is 5.75 Å². The molecule has 2 nitrogen and oxygen atoms in total. The summed E-state index contributed by atoms with van der Waals surface area (Å²) in [4.78, 5) is 0. The minimum Gasteiger partial charge on any atom is -0.491 e. The third-order valence-corrected chi connectivity index (χ3v) is 4.16. The average Bonchev–Trinajstić information content (AvgIpc) is 2.46. The number of ether oxygens (including phenoxy) is 1. The topological polar surface area (TPSA) is 21.3 Å². The van der Waals surface area contributed by atoms with E-state index < -0.39 is 0 Å².